The average molecular weight is 370 g/mol. The molecule has 0 heterocycles. The highest BCUT2D eigenvalue weighted by molar-refractivity contribution is 14.1. The molecule has 0 atom stereocenters. The van der Waals surface area contributed by atoms with Crippen LogP contribution in [0.1, 0.15) is 21.5 Å². The van der Waals surface area contributed by atoms with Crippen molar-refractivity contribution >= 4 is 28.4 Å². The lowest BCUT2D eigenvalue weighted by atomic mass is 10.0. The zero-order chi connectivity index (χ0) is 14.0. The summed E-state index contributed by atoms with van der Waals surface area (Å²) >= 11 is 2.12. The Morgan fingerprint density at radius 3 is 2.58 bits per heavy atom. The lowest BCUT2D eigenvalue weighted by Crippen LogP contribution is -2.05. The van der Waals surface area contributed by atoms with E-state index in [-0.39, 0.29) is 5.78 Å². The van der Waals surface area contributed by atoms with Crippen LogP contribution in [0.15, 0.2) is 36.4 Å². The van der Waals surface area contributed by atoms with Crippen LogP contribution >= 0.6 is 22.6 Å². The predicted molar refractivity (Wildman–Crippen MR) is 80.3 cm³/mol. The van der Waals surface area contributed by atoms with E-state index in [9.17, 15) is 9.18 Å². The minimum Gasteiger partial charge on any atom is -0.496 e. The summed E-state index contributed by atoms with van der Waals surface area (Å²) in [5.41, 5.74) is 1.49. The maximum atomic E-state index is 13.4. The summed E-state index contributed by atoms with van der Waals surface area (Å²) in [4.78, 5) is 12.4. The molecule has 0 N–H and O–H groups in total. The topological polar surface area (TPSA) is 26.3 Å². The molecular weight excluding hydrogens is 358 g/mol. The molecule has 4 heteroatoms. The molecule has 2 rings (SSSR count). The first-order valence-corrected chi connectivity index (χ1v) is 6.74. The molecule has 0 aliphatic carbocycles. The van der Waals surface area contributed by atoms with Gasteiger partial charge in [0.15, 0.2) is 5.78 Å². The highest BCUT2D eigenvalue weighted by Crippen LogP contribution is 2.24. The number of benzene rings is 2. The number of ketones is 1. The van der Waals surface area contributed by atoms with E-state index in [4.69, 9.17) is 4.74 Å². The van der Waals surface area contributed by atoms with Crippen LogP contribution in [-0.2, 0) is 0 Å². The third-order valence-electron chi connectivity index (χ3n) is 2.71. The van der Waals surface area contributed by atoms with Gasteiger partial charge in [0.1, 0.15) is 11.6 Å². The van der Waals surface area contributed by atoms with Crippen LogP contribution in [-0.4, -0.2) is 12.9 Å². The largest absolute Gasteiger partial charge is 0.496 e. The second kappa shape index (κ2) is 5.69. The molecule has 0 amide bonds. The Kier molecular flexibility index (Phi) is 4.19. The SMILES string of the molecule is COc1ccc(I)cc1C(=O)c1cc(C)cc(F)c1. The molecule has 0 aliphatic rings. The van der Waals surface area contributed by atoms with Gasteiger partial charge in [-0.25, -0.2) is 4.39 Å². The number of hydrogen-bond donors (Lipinski definition) is 0. The monoisotopic (exact) mass is 370 g/mol. The van der Waals surface area contributed by atoms with E-state index in [1.165, 1.54) is 19.2 Å². The van der Waals surface area contributed by atoms with Crippen LogP contribution < -0.4 is 4.74 Å². The summed E-state index contributed by atoms with van der Waals surface area (Å²) < 4.78 is 19.5. The van der Waals surface area contributed by atoms with Gasteiger partial charge in [-0.3, -0.25) is 4.79 Å². The summed E-state index contributed by atoms with van der Waals surface area (Å²) in [5, 5.41) is 0. The van der Waals surface area contributed by atoms with Gasteiger partial charge in [0.2, 0.25) is 0 Å². The van der Waals surface area contributed by atoms with Crippen molar-refractivity contribution < 1.29 is 13.9 Å². The number of carbonyl (C=O) groups excluding carboxylic acids is 1. The van der Waals surface area contributed by atoms with Gasteiger partial charge in [-0.1, -0.05) is 0 Å². The molecule has 98 valence electrons. The van der Waals surface area contributed by atoms with Gasteiger partial charge in [0.25, 0.3) is 0 Å². The molecule has 0 aliphatic heterocycles. The van der Waals surface area contributed by atoms with Crippen molar-refractivity contribution in [1.82, 2.24) is 0 Å². The standard InChI is InChI=1S/C15H12FIO2/c1-9-5-10(7-11(16)6-9)15(18)13-8-12(17)3-4-14(13)19-2/h3-8H,1-2H3. The highest BCUT2D eigenvalue weighted by atomic mass is 127. The molecule has 0 saturated carbocycles. The van der Waals surface area contributed by atoms with Crippen LogP contribution in [0.25, 0.3) is 0 Å². The van der Waals surface area contributed by atoms with Gasteiger partial charge >= 0.3 is 0 Å². The van der Waals surface area contributed by atoms with Crippen molar-refractivity contribution in [3.8, 4) is 5.75 Å². The third-order valence-corrected chi connectivity index (χ3v) is 3.38. The molecule has 2 aromatic rings. The van der Waals surface area contributed by atoms with Crippen LogP contribution in [0.4, 0.5) is 4.39 Å². The second-order valence-corrected chi connectivity index (χ2v) is 5.44. The highest BCUT2D eigenvalue weighted by Gasteiger charge is 2.16. The van der Waals surface area contributed by atoms with Gasteiger partial charge in [-0.15, -0.1) is 0 Å². The van der Waals surface area contributed by atoms with Crippen molar-refractivity contribution in [3.05, 3.63) is 62.5 Å². The maximum Gasteiger partial charge on any atom is 0.196 e. The number of rotatable bonds is 3. The van der Waals surface area contributed by atoms with Crippen molar-refractivity contribution in [2.45, 2.75) is 6.92 Å². The van der Waals surface area contributed by atoms with E-state index >= 15 is 0 Å². The molecular formula is C15H12FIO2. The zero-order valence-electron chi connectivity index (χ0n) is 10.5. The Labute approximate surface area is 124 Å². The Bertz CT molecular complexity index is 618. The van der Waals surface area contributed by atoms with E-state index in [1.807, 2.05) is 6.07 Å². The number of carbonyl (C=O) groups is 1. The Morgan fingerprint density at radius 2 is 1.95 bits per heavy atom. The van der Waals surface area contributed by atoms with Crippen molar-refractivity contribution in [2.75, 3.05) is 7.11 Å². The number of aryl methyl sites for hydroxylation is 1. The second-order valence-electron chi connectivity index (χ2n) is 4.19. The number of ether oxygens (including phenoxy) is 1. The molecule has 2 nitrogen and oxygen atoms in total. The van der Waals surface area contributed by atoms with Crippen LogP contribution in [0.5, 0.6) is 5.75 Å². The van der Waals surface area contributed by atoms with Gasteiger partial charge in [0.05, 0.1) is 12.7 Å². The molecule has 0 saturated heterocycles. The first kappa shape index (κ1) is 14.0. The maximum absolute atomic E-state index is 13.4. The Balaban J connectivity index is 2.52. The third kappa shape index (κ3) is 3.12. The predicted octanol–water partition coefficient (Wildman–Crippen LogP) is 3.98. The molecule has 0 bridgehead atoms. The van der Waals surface area contributed by atoms with Crippen molar-refractivity contribution in [1.29, 1.82) is 0 Å². The minimum absolute atomic E-state index is 0.238. The molecule has 0 fully saturated rings. The number of halogens is 2. The van der Waals surface area contributed by atoms with Crippen LogP contribution in [0.3, 0.4) is 0 Å². The summed E-state index contributed by atoms with van der Waals surface area (Å²) in [6, 6.07) is 9.64. The quantitative estimate of drug-likeness (QED) is 0.604. The number of methoxy groups -OCH3 is 1. The fourth-order valence-corrected chi connectivity index (χ4v) is 2.37. The molecule has 2 aromatic carbocycles. The van der Waals surface area contributed by atoms with E-state index in [2.05, 4.69) is 22.6 Å². The van der Waals surface area contributed by atoms with Gasteiger partial charge in [-0.05, 0) is 71.5 Å². The molecule has 0 unspecified atom stereocenters. The smallest absolute Gasteiger partial charge is 0.196 e. The van der Waals surface area contributed by atoms with Gasteiger partial charge < -0.3 is 4.74 Å². The van der Waals surface area contributed by atoms with E-state index in [0.29, 0.717) is 22.4 Å². The number of hydrogen-bond acceptors (Lipinski definition) is 2. The summed E-state index contributed by atoms with van der Waals surface area (Å²) in [5.74, 6) is -0.154. The lowest BCUT2D eigenvalue weighted by molar-refractivity contribution is 0.103. The van der Waals surface area contributed by atoms with E-state index < -0.39 is 5.82 Å². The summed E-state index contributed by atoms with van der Waals surface area (Å²) in [6.07, 6.45) is 0. The van der Waals surface area contributed by atoms with Crippen molar-refractivity contribution in [2.24, 2.45) is 0 Å². The summed E-state index contributed by atoms with van der Waals surface area (Å²) in [6.45, 7) is 1.76. The Hall–Kier alpha value is -1.43. The molecule has 0 aromatic heterocycles. The normalized spacial score (nSPS) is 10.3. The average Bonchev–Trinajstić information content (AvgIpc) is 2.36. The fraction of sp³-hybridized carbons (Fsp3) is 0.133. The first-order chi connectivity index (χ1) is 9.01. The molecule has 19 heavy (non-hydrogen) atoms. The van der Waals surface area contributed by atoms with Crippen molar-refractivity contribution in [3.63, 3.8) is 0 Å². The molecule has 0 spiro atoms. The minimum atomic E-state index is -0.409. The van der Waals surface area contributed by atoms with E-state index in [1.54, 1.807) is 25.1 Å². The molecule has 0 radical (unpaired) electrons. The van der Waals surface area contributed by atoms with Gasteiger partial charge in [0, 0.05) is 9.13 Å². The van der Waals surface area contributed by atoms with Crippen LogP contribution in [0, 0.1) is 16.3 Å². The lowest BCUT2D eigenvalue weighted by Gasteiger charge is -2.09. The zero-order valence-corrected chi connectivity index (χ0v) is 12.7. The fourth-order valence-electron chi connectivity index (χ4n) is 1.88. The first-order valence-electron chi connectivity index (χ1n) is 5.66. The summed E-state index contributed by atoms with van der Waals surface area (Å²) in [7, 11) is 1.51. The van der Waals surface area contributed by atoms with E-state index in [0.717, 1.165) is 3.57 Å². The van der Waals surface area contributed by atoms with Crippen LogP contribution in [0.2, 0.25) is 0 Å². The Morgan fingerprint density at radius 1 is 1.21 bits per heavy atom. The van der Waals surface area contributed by atoms with Gasteiger partial charge in [-0.2, -0.15) is 0 Å².